The van der Waals surface area contributed by atoms with Gasteiger partial charge in [-0.05, 0) is 0 Å². The van der Waals surface area contributed by atoms with Crippen LogP contribution in [0, 0.1) is 0 Å². The van der Waals surface area contributed by atoms with Crippen molar-refractivity contribution in [1.29, 1.82) is 0 Å². The minimum Gasteiger partial charge on any atom is -0.304 e. The average molecular weight is 61.1 g/mol. The fourth-order valence-electron chi connectivity index (χ4n) is 0. The largest absolute Gasteiger partial charge is 0.304 e. The topological polar surface area (TPSA) is 78.1 Å². The highest BCUT2D eigenvalue weighted by molar-refractivity contribution is 4.25. The van der Waals surface area contributed by atoms with Crippen molar-refractivity contribution in [2.45, 2.75) is 6.29 Å². The van der Waals surface area contributed by atoms with Crippen molar-refractivity contribution in [2.75, 3.05) is 0 Å². The third kappa shape index (κ3) is 101. The van der Waals surface area contributed by atoms with E-state index >= 15 is 0 Å². The van der Waals surface area contributed by atoms with E-state index in [-0.39, 0.29) is 0 Å². The van der Waals surface area contributed by atoms with Crippen molar-refractivity contribution in [3.05, 3.63) is 0 Å². The predicted octanol–water partition coefficient (Wildman–Crippen LogP) is -1.85. The summed E-state index contributed by atoms with van der Waals surface area (Å²) in [5, 5.41) is 0. The highest BCUT2D eigenvalue weighted by atomic mass is 15.0. The summed E-state index contributed by atoms with van der Waals surface area (Å²) in [6, 6.07) is 0. The highest BCUT2D eigenvalue weighted by Crippen LogP contribution is 1.17. The van der Waals surface area contributed by atoms with Gasteiger partial charge in [0.1, 0.15) is 6.29 Å². The molecule has 3 heteroatoms. The van der Waals surface area contributed by atoms with Gasteiger partial charge in [-0.1, -0.05) is 0 Å². The van der Waals surface area contributed by atoms with Crippen molar-refractivity contribution < 1.29 is 0 Å². The number of hydrogen-bond acceptors (Lipinski definition) is 3. The maximum atomic E-state index is 4.67. The zero-order valence-corrected chi connectivity index (χ0v) is 2.31. The molecule has 0 radical (unpaired) electrons. The molecule has 0 amide bonds. The Kier molecular flexibility index (Phi) is 1.19. The SMILES string of the molecule is NC(N)N. The molecule has 0 aliphatic rings. The molecule has 4 heavy (non-hydrogen) atoms. The van der Waals surface area contributed by atoms with Gasteiger partial charge in [0.05, 0.1) is 0 Å². The van der Waals surface area contributed by atoms with Crippen LogP contribution in [0.1, 0.15) is 0 Å². The predicted molar refractivity (Wildman–Crippen MR) is 16.4 cm³/mol. The van der Waals surface area contributed by atoms with E-state index < -0.39 is 6.29 Å². The first-order chi connectivity index (χ1) is 1.73. The van der Waals surface area contributed by atoms with Gasteiger partial charge in [-0.3, -0.25) is 0 Å². The fourth-order valence-corrected chi connectivity index (χ4v) is 0. The summed E-state index contributed by atoms with van der Waals surface area (Å²) in [7, 11) is 0. The molecule has 0 saturated carbocycles. The van der Waals surface area contributed by atoms with Crippen molar-refractivity contribution >= 4 is 0 Å². The van der Waals surface area contributed by atoms with Crippen LogP contribution in [0.3, 0.4) is 0 Å². The smallest absolute Gasteiger partial charge is 0.104 e. The lowest BCUT2D eigenvalue weighted by Gasteiger charge is -1.84. The summed E-state index contributed by atoms with van der Waals surface area (Å²) in [6.45, 7) is 0. The van der Waals surface area contributed by atoms with Crippen molar-refractivity contribution in [3.63, 3.8) is 0 Å². The lowest BCUT2D eigenvalue weighted by molar-refractivity contribution is 0.750. The molecule has 6 N–H and O–H groups in total. The van der Waals surface area contributed by atoms with E-state index in [0.717, 1.165) is 0 Å². The van der Waals surface area contributed by atoms with Gasteiger partial charge >= 0.3 is 0 Å². The summed E-state index contributed by atoms with van der Waals surface area (Å²) in [5.41, 5.74) is 14.0. The molecule has 0 rings (SSSR count). The second-order valence-corrected chi connectivity index (χ2v) is 0.577. The van der Waals surface area contributed by atoms with Gasteiger partial charge in [0, 0.05) is 0 Å². The molecule has 0 spiro atoms. The third-order valence-electron chi connectivity index (χ3n) is 0. The molecule has 0 unspecified atom stereocenters. The first-order valence-electron chi connectivity index (χ1n) is 1.00. The second-order valence-electron chi connectivity index (χ2n) is 0.577. The van der Waals surface area contributed by atoms with Crippen molar-refractivity contribution in [3.8, 4) is 0 Å². The number of rotatable bonds is 0. The van der Waals surface area contributed by atoms with Gasteiger partial charge in [0.15, 0.2) is 0 Å². The van der Waals surface area contributed by atoms with Crippen LogP contribution in [0.25, 0.3) is 0 Å². The van der Waals surface area contributed by atoms with Crippen LogP contribution in [0.5, 0.6) is 0 Å². The van der Waals surface area contributed by atoms with E-state index in [0.29, 0.717) is 0 Å². The molecule has 0 aromatic rings. The molecule has 0 aliphatic carbocycles. The van der Waals surface area contributed by atoms with Gasteiger partial charge in [-0.25, -0.2) is 0 Å². The van der Waals surface area contributed by atoms with Crippen molar-refractivity contribution in [1.82, 2.24) is 0 Å². The van der Waals surface area contributed by atoms with Crippen LogP contribution in [-0.2, 0) is 0 Å². The van der Waals surface area contributed by atoms with Gasteiger partial charge in [-0.15, -0.1) is 0 Å². The summed E-state index contributed by atoms with van der Waals surface area (Å²) in [6.07, 6.45) is -0.667. The summed E-state index contributed by atoms with van der Waals surface area (Å²) in [4.78, 5) is 0. The first-order valence-corrected chi connectivity index (χ1v) is 1.00. The zero-order chi connectivity index (χ0) is 3.58. The first kappa shape index (κ1) is 3.88. The molecule has 0 heterocycles. The average Bonchev–Trinajstić information content (AvgIpc) is 0.811. The Labute approximate surface area is 24.8 Å². The van der Waals surface area contributed by atoms with E-state index in [1.165, 1.54) is 0 Å². The molecule has 26 valence electrons. The summed E-state index contributed by atoms with van der Waals surface area (Å²) >= 11 is 0. The van der Waals surface area contributed by atoms with E-state index in [1.807, 2.05) is 0 Å². The van der Waals surface area contributed by atoms with Crippen LogP contribution in [-0.4, -0.2) is 6.29 Å². The summed E-state index contributed by atoms with van der Waals surface area (Å²) in [5.74, 6) is 0. The maximum absolute atomic E-state index is 4.67. The quantitative estimate of drug-likeness (QED) is 0.287. The lowest BCUT2D eigenvalue weighted by atomic mass is 11.0. The Bertz CT molecular complexity index is 8.00. The number of hydrogen-bond donors (Lipinski definition) is 3. The second kappa shape index (κ2) is 1.23. The molecule has 0 aliphatic heterocycles. The Balaban J connectivity index is 2.32. The molecule has 0 bridgehead atoms. The Morgan fingerprint density at radius 2 is 1.00 bits per heavy atom. The fraction of sp³-hybridized carbons (Fsp3) is 1.00. The van der Waals surface area contributed by atoms with Crippen LogP contribution in [0.15, 0.2) is 0 Å². The number of nitrogens with two attached hydrogens (primary N) is 3. The minimum absolute atomic E-state index is 0.667. The van der Waals surface area contributed by atoms with Gasteiger partial charge in [0.25, 0.3) is 0 Å². The lowest BCUT2D eigenvalue weighted by Crippen LogP contribution is -2.39. The van der Waals surface area contributed by atoms with Gasteiger partial charge in [0.2, 0.25) is 0 Å². The van der Waals surface area contributed by atoms with Crippen LogP contribution in [0.4, 0.5) is 0 Å². The van der Waals surface area contributed by atoms with E-state index in [4.69, 9.17) is 0 Å². The van der Waals surface area contributed by atoms with Crippen molar-refractivity contribution in [2.24, 2.45) is 17.2 Å². The molecule has 3 nitrogen and oxygen atoms in total. The third-order valence-corrected chi connectivity index (χ3v) is 0. The normalized spacial score (nSPS) is 9.00. The van der Waals surface area contributed by atoms with E-state index in [2.05, 4.69) is 17.2 Å². The molecule has 0 aromatic heterocycles. The molecular formula is CH7N3. The van der Waals surface area contributed by atoms with Crippen LogP contribution < -0.4 is 17.2 Å². The monoisotopic (exact) mass is 61.1 g/mol. The Morgan fingerprint density at radius 1 is 1.00 bits per heavy atom. The molecule has 0 atom stereocenters. The standard InChI is InChI=1S/CH7N3/c2-1(3)4/h1H,2-4H2. The van der Waals surface area contributed by atoms with Gasteiger partial charge < -0.3 is 17.2 Å². The van der Waals surface area contributed by atoms with E-state index in [1.54, 1.807) is 0 Å². The Hall–Kier alpha value is -0.120. The molecule has 0 fully saturated rings. The van der Waals surface area contributed by atoms with Crippen LogP contribution >= 0.6 is 0 Å². The molecular weight excluding hydrogens is 54.0 g/mol. The van der Waals surface area contributed by atoms with E-state index in [9.17, 15) is 0 Å². The highest BCUT2D eigenvalue weighted by Gasteiger charge is 1.64. The van der Waals surface area contributed by atoms with Crippen LogP contribution in [0.2, 0.25) is 0 Å². The maximum Gasteiger partial charge on any atom is 0.104 e. The Morgan fingerprint density at radius 3 is 1.00 bits per heavy atom. The molecule has 0 aromatic carbocycles. The zero-order valence-electron chi connectivity index (χ0n) is 2.31. The summed E-state index contributed by atoms with van der Waals surface area (Å²) < 4.78 is 0. The molecule has 0 saturated heterocycles. The van der Waals surface area contributed by atoms with Gasteiger partial charge in [-0.2, -0.15) is 0 Å². The minimum atomic E-state index is -0.667.